The van der Waals surface area contributed by atoms with Crippen molar-refractivity contribution in [2.45, 2.75) is 0 Å². The van der Waals surface area contributed by atoms with E-state index in [4.69, 9.17) is 13.5 Å². The highest BCUT2D eigenvalue weighted by Gasteiger charge is 2.45. The average Bonchev–Trinajstić information content (AvgIpc) is 3.80. The highest BCUT2D eigenvalue weighted by Crippen LogP contribution is 2.78. The Hall–Kier alpha value is -4.05. The van der Waals surface area contributed by atoms with Gasteiger partial charge in [0.1, 0.15) is 0 Å². The SMILES string of the molecule is c1cnn(P2(n3cccn3)=NP(n3cccn3)(n3cccn3)=NP(n3cccn3)(n3cccn3)=N2)c1. The van der Waals surface area contributed by atoms with E-state index in [1.54, 1.807) is 63.9 Å². The van der Waals surface area contributed by atoms with Crippen LogP contribution in [0.4, 0.5) is 0 Å². The number of hydrogen-bond acceptors (Lipinski definition) is 9. The van der Waals surface area contributed by atoms with Gasteiger partial charge in [-0.15, -0.1) is 0 Å². The van der Waals surface area contributed by atoms with Crippen LogP contribution in [0.15, 0.2) is 124 Å². The van der Waals surface area contributed by atoms with E-state index in [0.29, 0.717) is 0 Å². The van der Waals surface area contributed by atoms with Crippen LogP contribution in [0.25, 0.3) is 0 Å². The van der Waals surface area contributed by atoms with Crippen LogP contribution in [0.3, 0.4) is 0 Å². The summed E-state index contributed by atoms with van der Waals surface area (Å²) >= 11 is 0. The van der Waals surface area contributed by atoms with Gasteiger partial charge in [-0.3, -0.25) is 0 Å². The molecule has 6 aromatic rings. The van der Waals surface area contributed by atoms with Crippen molar-refractivity contribution in [2.24, 2.45) is 13.5 Å². The van der Waals surface area contributed by atoms with E-state index in [-0.39, 0.29) is 0 Å². The first-order valence-corrected chi connectivity index (χ1v) is 15.5. The molecule has 7 rings (SSSR count). The second kappa shape index (κ2) is 7.99. The molecule has 15 nitrogen and oxygen atoms in total. The minimum atomic E-state index is -3.18. The molecule has 1 aliphatic rings. The zero-order chi connectivity index (χ0) is 24.1. The minimum absolute atomic E-state index is 1.70. The molecule has 6 aromatic heterocycles. The monoisotopic (exact) mass is 537 g/mol. The molecule has 180 valence electrons. The maximum atomic E-state index is 5.47. The Morgan fingerprint density at radius 3 is 0.639 bits per heavy atom. The van der Waals surface area contributed by atoms with Crippen LogP contribution in [0, 0.1) is 0 Å². The summed E-state index contributed by atoms with van der Waals surface area (Å²) in [5.74, 6) is 0. The van der Waals surface area contributed by atoms with Gasteiger partial charge in [0, 0.05) is 74.4 Å². The summed E-state index contributed by atoms with van der Waals surface area (Å²) in [7, 11) is -9.55. The summed E-state index contributed by atoms with van der Waals surface area (Å²) < 4.78 is 27.0. The van der Waals surface area contributed by atoms with Crippen molar-refractivity contribution in [2.75, 3.05) is 0 Å². The van der Waals surface area contributed by atoms with Gasteiger partial charge in [0.2, 0.25) is 0 Å². The van der Waals surface area contributed by atoms with Crippen molar-refractivity contribution in [3.8, 4) is 0 Å². The molecule has 0 saturated heterocycles. The van der Waals surface area contributed by atoms with Gasteiger partial charge in [-0.25, -0.2) is 0 Å². The molecule has 0 aliphatic carbocycles. The quantitative estimate of drug-likeness (QED) is 0.290. The first kappa shape index (κ1) is 21.3. The molecule has 0 aromatic carbocycles. The van der Waals surface area contributed by atoms with Crippen molar-refractivity contribution in [3.05, 3.63) is 111 Å². The van der Waals surface area contributed by atoms with Crippen LogP contribution in [-0.2, 0) is 0 Å². The lowest BCUT2D eigenvalue weighted by atomic mass is 10.8. The Morgan fingerprint density at radius 2 is 0.500 bits per heavy atom. The van der Waals surface area contributed by atoms with E-state index >= 15 is 0 Å². The summed E-state index contributed by atoms with van der Waals surface area (Å²) in [6.45, 7) is 0. The van der Waals surface area contributed by atoms with Gasteiger partial charge < -0.3 is 0 Å². The lowest BCUT2D eigenvalue weighted by molar-refractivity contribution is 0.849. The van der Waals surface area contributed by atoms with Crippen LogP contribution in [0.5, 0.6) is 0 Å². The summed E-state index contributed by atoms with van der Waals surface area (Å²) in [5, 5.41) is 27.7. The summed E-state index contributed by atoms with van der Waals surface area (Å²) in [5.41, 5.74) is 0. The maximum absolute atomic E-state index is 5.47. The Bertz CT molecular complexity index is 1400. The largest absolute Gasteiger partial charge is 0.313 e. The fraction of sp³-hybridized carbons (Fsp3) is 0. The highest BCUT2D eigenvalue weighted by atomic mass is 31.3. The van der Waals surface area contributed by atoms with Crippen molar-refractivity contribution < 1.29 is 0 Å². The normalized spacial score (nSPS) is 17.7. The predicted molar refractivity (Wildman–Crippen MR) is 134 cm³/mol. The number of hydrogen-bond donors (Lipinski definition) is 0. The molecule has 0 N–H and O–H groups in total. The second-order valence-electron chi connectivity index (χ2n) is 7.44. The van der Waals surface area contributed by atoms with Crippen molar-refractivity contribution in [1.82, 2.24) is 57.3 Å². The van der Waals surface area contributed by atoms with E-state index in [9.17, 15) is 0 Å². The molecule has 18 heteroatoms. The average molecular weight is 537 g/mol. The molecule has 7 heterocycles. The smallest absolute Gasteiger partial charge is 0.199 e. The zero-order valence-corrected chi connectivity index (χ0v) is 21.1. The van der Waals surface area contributed by atoms with Crippen LogP contribution >= 0.6 is 22.5 Å². The molecule has 0 radical (unpaired) electrons. The Kier molecular flexibility index (Phi) is 4.72. The molecular weight excluding hydrogens is 519 g/mol. The van der Waals surface area contributed by atoms with Gasteiger partial charge in [-0.1, -0.05) is 0 Å². The molecule has 0 saturated carbocycles. The molecule has 1 aliphatic heterocycles. The van der Waals surface area contributed by atoms with Gasteiger partial charge in [0.05, 0.1) is 0 Å². The molecule has 0 amide bonds. The van der Waals surface area contributed by atoms with E-state index in [0.717, 1.165) is 0 Å². The van der Waals surface area contributed by atoms with Crippen LogP contribution in [0.2, 0.25) is 0 Å². The second-order valence-corrected chi connectivity index (χ2v) is 15.3. The molecule has 0 unspecified atom stereocenters. The fourth-order valence-corrected chi connectivity index (χ4v) is 16.3. The number of aromatic nitrogens is 12. The molecular formula is C18H18N15P3. The number of nitrogens with zero attached hydrogens (tertiary/aromatic N) is 15. The van der Waals surface area contributed by atoms with Crippen LogP contribution < -0.4 is 0 Å². The third-order valence-corrected chi connectivity index (χ3v) is 15.8. The maximum Gasteiger partial charge on any atom is 0.313 e. The van der Waals surface area contributed by atoms with E-state index in [2.05, 4.69) is 30.6 Å². The lowest BCUT2D eigenvalue weighted by Gasteiger charge is -2.35. The molecule has 0 atom stereocenters. The van der Waals surface area contributed by atoms with Gasteiger partial charge >= 0.3 is 22.5 Å². The molecule has 0 fully saturated rings. The van der Waals surface area contributed by atoms with E-state index in [1.165, 1.54) is 0 Å². The van der Waals surface area contributed by atoms with Crippen molar-refractivity contribution in [1.29, 1.82) is 0 Å². The summed E-state index contributed by atoms with van der Waals surface area (Å²) in [4.78, 5) is 0. The molecule has 36 heavy (non-hydrogen) atoms. The van der Waals surface area contributed by atoms with Gasteiger partial charge in [-0.05, 0) is 36.4 Å². The number of rotatable bonds is 6. The van der Waals surface area contributed by atoms with Gasteiger partial charge in [-0.2, -0.15) is 70.9 Å². The van der Waals surface area contributed by atoms with Gasteiger partial charge in [0.25, 0.3) is 0 Å². The molecule has 0 bridgehead atoms. The van der Waals surface area contributed by atoms with E-state index < -0.39 is 22.5 Å². The summed E-state index contributed by atoms with van der Waals surface area (Å²) in [6.07, 6.45) is 21.3. The highest BCUT2D eigenvalue weighted by molar-refractivity contribution is 7.84. The summed E-state index contributed by atoms with van der Waals surface area (Å²) in [6, 6.07) is 11.0. The fourth-order valence-electron chi connectivity index (χ4n) is 3.83. The first-order valence-electron chi connectivity index (χ1n) is 10.7. The third kappa shape index (κ3) is 2.97. The predicted octanol–water partition coefficient (Wildman–Crippen LogP) is 4.31. The zero-order valence-electron chi connectivity index (χ0n) is 18.4. The Labute approximate surface area is 204 Å². The standard InChI is InChI=1S/C18H18N15P3/c1-7-19-28(13-1)34(29-14-2-8-20-29)25-35(30-15-3-9-21-30,31-16-4-10-22-31)27-36(26-34,32-17-5-11-23-32)33-18-6-12-24-33/h1-18H. The van der Waals surface area contributed by atoms with Crippen LogP contribution in [0.1, 0.15) is 0 Å². The lowest BCUT2D eigenvalue weighted by Crippen LogP contribution is -2.17. The third-order valence-electron chi connectivity index (χ3n) is 5.31. The molecule has 0 spiro atoms. The topological polar surface area (TPSA) is 144 Å². The van der Waals surface area contributed by atoms with Gasteiger partial charge in [0.15, 0.2) is 0 Å². The Balaban J connectivity index is 1.77. The minimum Gasteiger partial charge on any atom is -0.199 e. The van der Waals surface area contributed by atoms with Crippen molar-refractivity contribution >= 4 is 22.5 Å². The van der Waals surface area contributed by atoms with Crippen LogP contribution in [-0.4, -0.2) is 57.3 Å². The van der Waals surface area contributed by atoms with E-state index in [1.807, 2.05) is 73.6 Å². The Morgan fingerprint density at radius 1 is 0.306 bits per heavy atom. The first-order chi connectivity index (χ1) is 17.8. The van der Waals surface area contributed by atoms with Crippen molar-refractivity contribution in [3.63, 3.8) is 0 Å².